The second-order valence-corrected chi connectivity index (χ2v) is 9.16. The van der Waals surface area contributed by atoms with E-state index < -0.39 is 0 Å². The van der Waals surface area contributed by atoms with Crippen molar-refractivity contribution in [1.29, 1.82) is 0 Å². The third-order valence-electron chi connectivity index (χ3n) is 6.33. The first kappa shape index (κ1) is 22.9. The Morgan fingerprint density at radius 3 is 2.62 bits per heavy atom. The Kier molecular flexibility index (Phi) is 5.50. The second kappa shape index (κ2) is 8.87. The normalized spacial score (nSPS) is 11.8. The number of fused-ring (bicyclic) bond motifs is 2. The molecule has 0 bridgehead atoms. The third kappa shape index (κ3) is 3.93. The fourth-order valence-electron chi connectivity index (χ4n) is 4.56. The van der Waals surface area contributed by atoms with Crippen LogP contribution in [0.5, 0.6) is 0 Å². The van der Waals surface area contributed by atoms with Gasteiger partial charge in [-0.25, -0.2) is 9.37 Å². The summed E-state index contributed by atoms with van der Waals surface area (Å²) in [5, 5.41) is 6.34. The Balaban J connectivity index is 1.53. The Morgan fingerprint density at radius 2 is 1.78 bits per heavy atom. The van der Waals surface area contributed by atoms with Gasteiger partial charge in [0.05, 0.1) is 22.8 Å². The molecule has 3 aromatic carbocycles. The molecule has 6 aromatic rings. The molecule has 0 saturated carbocycles. The van der Waals surface area contributed by atoms with E-state index in [0.717, 1.165) is 22.3 Å². The minimum Gasteiger partial charge on any atom is -0.453 e. The number of aryl methyl sites for hydroxylation is 1. The highest BCUT2D eigenvalue weighted by molar-refractivity contribution is 6.31. The molecule has 3 aromatic heterocycles. The maximum absolute atomic E-state index is 14.5. The Labute approximate surface area is 215 Å². The molecule has 0 amide bonds. The molecule has 6 rings (SSSR count). The van der Waals surface area contributed by atoms with Crippen molar-refractivity contribution >= 4 is 39.7 Å². The summed E-state index contributed by atoms with van der Waals surface area (Å²) in [6.45, 7) is 3.78. The molecule has 0 aliphatic rings. The summed E-state index contributed by atoms with van der Waals surface area (Å²) in [7, 11) is 0. The van der Waals surface area contributed by atoms with Gasteiger partial charge in [0.1, 0.15) is 11.4 Å². The lowest BCUT2D eigenvalue weighted by Crippen LogP contribution is -2.20. The van der Waals surface area contributed by atoms with E-state index in [9.17, 15) is 9.18 Å². The van der Waals surface area contributed by atoms with Gasteiger partial charge in [-0.15, -0.1) is 0 Å². The Hall–Kier alpha value is -4.49. The van der Waals surface area contributed by atoms with Gasteiger partial charge >= 0.3 is 0 Å². The lowest BCUT2D eigenvalue weighted by Gasteiger charge is -2.10. The molecule has 0 radical (unpaired) electrons. The van der Waals surface area contributed by atoms with E-state index in [1.54, 1.807) is 66.9 Å². The average molecular weight is 511 g/mol. The van der Waals surface area contributed by atoms with Crippen LogP contribution in [0.1, 0.15) is 17.0 Å². The summed E-state index contributed by atoms with van der Waals surface area (Å²) in [6.07, 6.45) is 1.58. The highest BCUT2D eigenvalue weighted by Gasteiger charge is 2.17. The van der Waals surface area contributed by atoms with Gasteiger partial charge in [0.15, 0.2) is 5.76 Å². The smallest absolute Gasteiger partial charge is 0.282 e. The van der Waals surface area contributed by atoms with Crippen molar-refractivity contribution in [1.82, 2.24) is 14.2 Å². The van der Waals surface area contributed by atoms with Crippen LogP contribution in [0.3, 0.4) is 0 Å². The van der Waals surface area contributed by atoms with E-state index in [1.807, 2.05) is 30.5 Å². The number of hydrogen-bond acceptors (Lipinski definition) is 4. The van der Waals surface area contributed by atoms with E-state index in [4.69, 9.17) is 21.0 Å². The van der Waals surface area contributed by atoms with Crippen LogP contribution in [0, 0.1) is 19.7 Å². The molecule has 0 saturated heterocycles. The fraction of sp³-hybridized carbons (Fsp3) is 0.0690. The summed E-state index contributed by atoms with van der Waals surface area (Å²) in [6, 6.07) is 22.7. The van der Waals surface area contributed by atoms with Gasteiger partial charge in [0.25, 0.3) is 5.56 Å². The standard InChI is InChI=1S/C29H20ClFN4O2/c1-17-13-20(18(2)34(17)25-10-6-4-8-23(25)31)16-32-35-28(33-24-9-5-3-7-22(24)29(35)36)27-15-19-14-21(30)11-12-26(19)37-27/h3-16H,1-2H3. The summed E-state index contributed by atoms with van der Waals surface area (Å²) < 4.78 is 23.6. The summed E-state index contributed by atoms with van der Waals surface area (Å²) in [5.41, 5.74) is 3.62. The summed E-state index contributed by atoms with van der Waals surface area (Å²) >= 11 is 6.15. The number of halogens is 2. The molecule has 182 valence electrons. The third-order valence-corrected chi connectivity index (χ3v) is 6.56. The predicted octanol–water partition coefficient (Wildman–Crippen LogP) is 6.89. The quantitative estimate of drug-likeness (QED) is 0.242. The average Bonchev–Trinajstić information content (AvgIpc) is 3.43. The lowest BCUT2D eigenvalue weighted by atomic mass is 10.2. The van der Waals surface area contributed by atoms with E-state index >= 15 is 0 Å². The summed E-state index contributed by atoms with van der Waals surface area (Å²) in [5.74, 6) is 0.319. The minimum atomic E-state index is -0.335. The van der Waals surface area contributed by atoms with Crippen molar-refractivity contribution < 1.29 is 8.81 Å². The van der Waals surface area contributed by atoms with E-state index in [2.05, 4.69) is 5.10 Å². The molecular weight excluding hydrogens is 491 g/mol. The zero-order valence-electron chi connectivity index (χ0n) is 19.9. The number of rotatable bonds is 4. The first-order valence-electron chi connectivity index (χ1n) is 11.6. The minimum absolute atomic E-state index is 0.259. The van der Waals surface area contributed by atoms with Gasteiger partial charge in [-0.1, -0.05) is 35.9 Å². The largest absolute Gasteiger partial charge is 0.453 e. The molecule has 8 heteroatoms. The van der Waals surface area contributed by atoms with Gasteiger partial charge < -0.3 is 8.98 Å². The highest BCUT2D eigenvalue weighted by atomic mass is 35.5. The molecule has 0 aliphatic heterocycles. The maximum atomic E-state index is 14.5. The van der Waals surface area contributed by atoms with Gasteiger partial charge in [0, 0.05) is 27.4 Å². The van der Waals surface area contributed by atoms with Crippen LogP contribution >= 0.6 is 11.6 Å². The molecular formula is C29H20ClFN4O2. The SMILES string of the molecule is Cc1cc(C=Nn2c(-c3cc4cc(Cl)ccc4o3)nc3ccccc3c2=O)c(C)n1-c1ccccc1F. The molecule has 0 fully saturated rings. The summed E-state index contributed by atoms with van der Waals surface area (Å²) in [4.78, 5) is 18.2. The highest BCUT2D eigenvalue weighted by Crippen LogP contribution is 2.29. The molecule has 0 atom stereocenters. The van der Waals surface area contributed by atoms with Gasteiger partial charge in [-0.05, 0) is 68.4 Å². The van der Waals surface area contributed by atoms with E-state index in [1.165, 1.54) is 10.7 Å². The zero-order valence-corrected chi connectivity index (χ0v) is 20.7. The Morgan fingerprint density at radius 1 is 1.00 bits per heavy atom. The van der Waals surface area contributed by atoms with Crippen LogP contribution in [0.2, 0.25) is 5.02 Å². The molecule has 6 nitrogen and oxygen atoms in total. The number of aromatic nitrogens is 3. The van der Waals surface area contributed by atoms with Crippen LogP contribution < -0.4 is 5.56 Å². The molecule has 3 heterocycles. The van der Waals surface area contributed by atoms with Crippen molar-refractivity contribution in [2.45, 2.75) is 13.8 Å². The van der Waals surface area contributed by atoms with Crippen LogP contribution in [-0.4, -0.2) is 20.4 Å². The lowest BCUT2D eigenvalue weighted by molar-refractivity contribution is 0.615. The van der Waals surface area contributed by atoms with Crippen LogP contribution in [0.25, 0.3) is 39.1 Å². The van der Waals surface area contributed by atoms with Crippen LogP contribution in [0.4, 0.5) is 4.39 Å². The molecule has 0 N–H and O–H groups in total. The topological polar surface area (TPSA) is 65.3 Å². The first-order chi connectivity index (χ1) is 17.9. The molecule has 0 unspecified atom stereocenters. The zero-order chi connectivity index (χ0) is 25.7. The van der Waals surface area contributed by atoms with Crippen molar-refractivity contribution in [2.75, 3.05) is 0 Å². The molecule has 0 aliphatic carbocycles. The predicted molar refractivity (Wildman–Crippen MR) is 144 cm³/mol. The van der Waals surface area contributed by atoms with Gasteiger partial charge in [-0.3, -0.25) is 4.79 Å². The van der Waals surface area contributed by atoms with Crippen molar-refractivity contribution in [3.05, 3.63) is 117 Å². The van der Waals surface area contributed by atoms with Crippen LogP contribution in [-0.2, 0) is 0 Å². The van der Waals surface area contributed by atoms with E-state index in [0.29, 0.717) is 33.0 Å². The number of para-hydroxylation sites is 2. The number of nitrogens with zero attached hydrogens (tertiary/aromatic N) is 4. The Bertz CT molecular complexity index is 1920. The number of benzene rings is 3. The van der Waals surface area contributed by atoms with Crippen molar-refractivity contribution in [3.8, 4) is 17.3 Å². The first-order valence-corrected chi connectivity index (χ1v) is 12.0. The van der Waals surface area contributed by atoms with E-state index in [-0.39, 0.29) is 17.2 Å². The second-order valence-electron chi connectivity index (χ2n) is 8.72. The fourth-order valence-corrected chi connectivity index (χ4v) is 4.74. The monoisotopic (exact) mass is 510 g/mol. The van der Waals surface area contributed by atoms with Crippen molar-refractivity contribution in [3.63, 3.8) is 0 Å². The number of furan rings is 1. The van der Waals surface area contributed by atoms with Gasteiger partial charge in [-0.2, -0.15) is 9.78 Å². The maximum Gasteiger partial charge on any atom is 0.282 e. The van der Waals surface area contributed by atoms with Crippen molar-refractivity contribution in [2.24, 2.45) is 5.10 Å². The number of hydrogen-bond donors (Lipinski definition) is 0. The molecule has 0 spiro atoms. The van der Waals surface area contributed by atoms with Crippen LogP contribution in [0.15, 0.2) is 93.2 Å². The van der Waals surface area contributed by atoms with Gasteiger partial charge in [0.2, 0.25) is 5.82 Å². The molecule has 37 heavy (non-hydrogen) atoms.